The van der Waals surface area contributed by atoms with Gasteiger partial charge in [0.1, 0.15) is 12.4 Å². The number of aliphatic hydroxyl groups is 2. The molecule has 0 heterocycles. The normalized spacial score (nSPS) is 24.4. The fraction of sp³-hybridized carbons (Fsp3) is 0.824. The van der Waals surface area contributed by atoms with Crippen LogP contribution in [0.25, 0.3) is 0 Å². The highest BCUT2D eigenvalue weighted by Crippen LogP contribution is 2.31. The van der Waals surface area contributed by atoms with Gasteiger partial charge in [0.25, 0.3) is 0 Å². The monoisotopic (exact) mass is 345 g/mol. The maximum absolute atomic E-state index is 12.1. The molecule has 7 heteroatoms. The molecule has 0 aromatic rings. The third-order valence-electron chi connectivity index (χ3n) is 3.85. The Hall–Kier alpha value is -1.15. The number of amides is 1. The highest BCUT2D eigenvalue weighted by molar-refractivity contribution is 5.68. The van der Waals surface area contributed by atoms with E-state index in [1.165, 1.54) is 7.11 Å². The van der Waals surface area contributed by atoms with Gasteiger partial charge in [0.2, 0.25) is 0 Å². The van der Waals surface area contributed by atoms with Gasteiger partial charge in [0.15, 0.2) is 0 Å². The minimum Gasteiger partial charge on any atom is -0.444 e. The standard InChI is InChI=1S/C17H31NO6/c1-17(2,3)24-16(21)18-14-8-7-12(10-20)15(23-11-22-4)13(14)6-5-9-19/h7,13-15,19-20H,5-6,8-11H2,1-4H3,(H,18,21)/t13-,14+,15-/m0/s1. The van der Waals surface area contributed by atoms with E-state index in [4.69, 9.17) is 19.3 Å². The molecule has 3 N–H and O–H groups in total. The van der Waals surface area contributed by atoms with Gasteiger partial charge in [-0.3, -0.25) is 0 Å². The summed E-state index contributed by atoms with van der Waals surface area (Å²) in [4.78, 5) is 12.1. The molecule has 0 aromatic carbocycles. The van der Waals surface area contributed by atoms with Gasteiger partial charge in [0, 0.05) is 25.7 Å². The predicted molar refractivity (Wildman–Crippen MR) is 89.5 cm³/mol. The summed E-state index contributed by atoms with van der Waals surface area (Å²) in [6.07, 6.45) is 2.87. The third kappa shape index (κ3) is 6.76. The van der Waals surface area contributed by atoms with Crippen molar-refractivity contribution in [3.05, 3.63) is 11.6 Å². The number of hydrogen-bond donors (Lipinski definition) is 3. The summed E-state index contributed by atoms with van der Waals surface area (Å²) in [5.74, 6) is -0.0769. The van der Waals surface area contributed by atoms with E-state index in [-0.39, 0.29) is 38.1 Å². The molecule has 0 radical (unpaired) electrons. The molecule has 0 bridgehead atoms. The minimum atomic E-state index is -0.572. The second-order valence-corrected chi connectivity index (χ2v) is 6.95. The molecular weight excluding hydrogens is 314 g/mol. The zero-order chi connectivity index (χ0) is 18.2. The van der Waals surface area contributed by atoms with Crippen molar-refractivity contribution in [2.24, 2.45) is 5.92 Å². The molecule has 0 aromatic heterocycles. The van der Waals surface area contributed by atoms with Crippen molar-refractivity contribution < 1.29 is 29.2 Å². The molecule has 0 saturated carbocycles. The molecule has 0 unspecified atom stereocenters. The minimum absolute atomic E-state index is 0.0603. The van der Waals surface area contributed by atoms with Crippen LogP contribution in [0, 0.1) is 5.92 Å². The van der Waals surface area contributed by atoms with Crippen LogP contribution in [-0.4, -0.2) is 61.2 Å². The number of hydrogen-bond acceptors (Lipinski definition) is 6. The third-order valence-corrected chi connectivity index (χ3v) is 3.85. The maximum Gasteiger partial charge on any atom is 0.407 e. The predicted octanol–water partition coefficient (Wildman–Crippen LogP) is 1.58. The molecule has 1 amide bonds. The molecule has 1 aliphatic carbocycles. The second kappa shape index (κ2) is 9.98. The molecule has 1 aliphatic rings. The smallest absolute Gasteiger partial charge is 0.407 e. The first-order valence-electron chi connectivity index (χ1n) is 8.33. The molecule has 0 aliphatic heterocycles. The molecule has 7 nitrogen and oxygen atoms in total. The van der Waals surface area contributed by atoms with Crippen LogP contribution in [0.1, 0.15) is 40.0 Å². The summed E-state index contributed by atoms with van der Waals surface area (Å²) in [7, 11) is 1.53. The molecular formula is C17H31NO6. The lowest BCUT2D eigenvalue weighted by Crippen LogP contribution is -2.49. The van der Waals surface area contributed by atoms with Crippen molar-refractivity contribution in [3.63, 3.8) is 0 Å². The van der Waals surface area contributed by atoms with E-state index in [2.05, 4.69) is 5.32 Å². The Morgan fingerprint density at radius 1 is 1.38 bits per heavy atom. The summed E-state index contributed by atoms with van der Waals surface area (Å²) < 4.78 is 16.0. The van der Waals surface area contributed by atoms with Crippen molar-refractivity contribution in [1.29, 1.82) is 0 Å². The van der Waals surface area contributed by atoms with Crippen LogP contribution in [0.2, 0.25) is 0 Å². The topological polar surface area (TPSA) is 97.2 Å². The molecule has 140 valence electrons. The molecule has 1 rings (SSSR count). The Balaban J connectivity index is 2.87. The molecule has 24 heavy (non-hydrogen) atoms. The fourth-order valence-corrected chi connectivity index (χ4v) is 2.89. The first-order chi connectivity index (χ1) is 11.3. The van der Waals surface area contributed by atoms with Crippen molar-refractivity contribution in [2.45, 2.75) is 57.8 Å². The van der Waals surface area contributed by atoms with E-state index >= 15 is 0 Å². The zero-order valence-corrected chi connectivity index (χ0v) is 15.1. The lowest BCUT2D eigenvalue weighted by atomic mass is 9.79. The van der Waals surface area contributed by atoms with E-state index in [0.717, 1.165) is 5.57 Å². The van der Waals surface area contributed by atoms with Crippen LogP contribution in [0.5, 0.6) is 0 Å². The summed E-state index contributed by atoms with van der Waals surface area (Å²) in [5.41, 5.74) is 0.203. The van der Waals surface area contributed by atoms with Crippen LogP contribution in [0.3, 0.4) is 0 Å². The van der Waals surface area contributed by atoms with Gasteiger partial charge < -0.3 is 29.7 Å². The number of rotatable bonds is 8. The lowest BCUT2D eigenvalue weighted by molar-refractivity contribution is -0.0885. The van der Waals surface area contributed by atoms with Gasteiger partial charge in [-0.2, -0.15) is 0 Å². The summed E-state index contributed by atoms with van der Waals surface area (Å²) in [5, 5.41) is 21.6. The van der Waals surface area contributed by atoms with Crippen molar-refractivity contribution in [2.75, 3.05) is 27.1 Å². The van der Waals surface area contributed by atoms with Crippen LogP contribution >= 0.6 is 0 Å². The molecule has 0 spiro atoms. The lowest BCUT2D eigenvalue weighted by Gasteiger charge is -2.38. The van der Waals surface area contributed by atoms with Crippen molar-refractivity contribution in [1.82, 2.24) is 5.32 Å². The molecule has 3 atom stereocenters. The van der Waals surface area contributed by atoms with Gasteiger partial charge in [-0.05, 0) is 45.6 Å². The average Bonchev–Trinajstić information content (AvgIpc) is 2.49. The number of methoxy groups -OCH3 is 1. The van der Waals surface area contributed by atoms with E-state index in [0.29, 0.717) is 19.3 Å². The Bertz CT molecular complexity index is 418. The van der Waals surface area contributed by atoms with Crippen LogP contribution in [-0.2, 0) is 14.2 Å². The first-order valence-corrected chi connectivity index (χ1v) is 8.33. The maximum atomic E-state index is 12.1. The highest BCUT2D eigenvalue weighted by Gasteiger charge is 2.36. The van der Waals surface area contributed by atoms with Gasteiger partial charge in [-0.15, -0.1) is 0 Å². The Morgan fingerprint density at radius 3 is 2.62 bits per heavy atom. The fourth-order valence-electron chi connectivity index (χ4n) is 2.89. The molecule has 0 fully saturated rings. The first kappa shape index (κ1) is 20.9. The Morgan fingerprint density at radius 2 is 2.08 bits per heavy atom. The molecule has 0 saturated heterocycles. The summed E-state index contributed by atoms with van der Waals surface area (Å²) >= 11 is 0. The van der Waals surface area contributed by atoms with E-state index in [1.807, 2.05) is 26.8 Å². The quantitative estimate of drug-likeness (QED) is 0.456. The van der Waals surface area contributed by atoms with E-state index in [1.54, 1.807) is 0 Å². The number of ether oxygens (including phenoxy) is 3. The van der Waals surface area contributed by atoms with Gasteiger partial charge in [-0.25, -0.2) is 4.79 Å². The number of nitrogens with one attached hydrogen (secondary N) is 1. The SMILES string of the molecule is COCO[C@H]1C(CO)=CC[C@@H](NC(=O)OC(C)(C)C)[C@@H]1CCCO. The highest BCUT2D eigenvalue weighted by atomic mass is 16.7. The zero-order valence-electron chi connectivity index (χ0n) is 15.1. The number of aliphatic hydroxyl groups excluding tert-OH is 2. The van der Waals surface area contributed by atoms with Crippen LogP contribution in [0.4, 0.5) is 4.79 Å². The van der Waals surface area contributed by atoms with Crippen LogP contribution in [0.15, 0.2) is 11.6 Å². The van der Waals surface area contributed by atoms with Gasteiger partial charge >= 0.3 is 6.09 Å². The number of carbonyl (C=O) groups is 1. The largest absolute Gasteiger partial charge is 0.444 e. The summed E-state index contributed by atoms with van der Waals surface area (Å²) in [6.45, 7) is 5.48. The second-order valence-electron chi connectivity index (χ2n) is 6.95. The van der Waals surface area contributed by atoms with Crippen molar-refractivity contribution in [3.8, 4) is 0 Å². The average molecular weight is 345 g/mol. The Kier molecular flexibility index (Phi) is 8.69. The van der Waals surface area contributed by atoms with Crippen LogP contribution < -0.4 is 5.32 Å². The van der Waals surface area contributed by atoms with Crippen molar-refractivity contribution >= 4 is 6.09 Å². The number of alkyl carbamates (subject to hydrolysis) is 1. The Labute approximate surface area is 144 Å². The summed E-state index contributed by atoms with van der Waals surface area (Å²) in [6, 6.07) is -0.191. The van der Waals surface area contributed by atoms with E-state index in [9.17, 15) is 9.90 Å². The van der Waals surface area contributed by atoms with Gasteiger partial charge in [0.05, 0.1) is 12.7 Å². The number of carbonyl (C=O) groups excluding carboxylic acids is 1. The van der Waals surface area contributed by atoms with E-state index < -0.39 is 11.7 Å². The van der Waals surface area contributed by atoms with Gasteiger partial charge in [-0.1, -0.05) is 6.08 Å².